The van der Waals surface area contributed by atoms with Crippen LogP contribution in [0.15, 0.2) is 29.2 Å². The molecule has 0 amide bonds. The summed E-state index contributed by atoms with van der Waals surface area (Å²) >= 11 is 0. The lowest BCUT2D eigenvalue weighted by Crippen LogP contribution is -2.43. The van der Waals surface area contributed by atoms with Gasteiger partial charge in [-0.25, -0.2) is 12.7 Å². The van der Waals surface area contributed by atoms with Gasteiger partial charge in [0.05, 0.1) is 10.9 Å². The summed E-state index contributed by atoms with van der Waals surface area (Å²) in [4.78, 5) is 2.24. The summed E-state index contributed by atoms with van der Waals surface area (Å²) in [6.07, 6.45) is 6.40. The predicted octanol–water partition coefficient (Wildman–Crippen LogP) is 2.15. The second-order valence-corrected chi connectivity index (χ2v) is 8.92. The highest BCUT2D eigenvalue weighted by molar-refractivity contribution is 7.89. The van der Waals surface area contributed by atoms with Gasteiger partial charge in [-0.15, -0.1) is 0 Å². The van der Waals surface area contributed by atoms with Crippen LogP contribution in [0.4, 0.5) is 0 Å². The minimum absolute atomic E-state index is 0.130. The topological polar surface area (TPSA) is 90.5 Å². The summed E-state index contributed by atoms with van der Waals surface area (Å²) in [6, 6.07) is 6.96. The van der Waals surface area contributed by atoms with Crippen LogP contribution in [0.25, 0.3) is 0 Å². The van der Waals surface area contributed by atoms with Gasteiger partial charge in [-0.2, -0.15) is 0 Å². The van der Waals surface area contributed by atoms with Crippen LogP contribution in [0.1, 0.15) is 44.6 Å². The normalized spacial score (nSPS) is 22.6. The molecular weight excluding hydrogens is 336 g/mol. The fourth-order valence-electron chi connectivity index (χ4n) is 3.95. The largest absolute Gasteiger partial charge is 0.337 e. The number of hydrogen-bond acceptors (Lipinski definition) is 4. The molecule has 1 unspecified atom stereocenters. The van der Waals surface area contributed by atoms with E-state index in [1.165, 1.54) is 10.7 Å². The summed E-state index contributed by atoms with van der Waals surface area (Å²) in [5, 5.41) is 8.50. The molecule has 1 saturated heterocycles. The Balaban J connectivity index is 1.82. The summed E-state index contributed by atoms with van der Waals surface area (Å²) in [7, 11) is -3.70. The minimum atomic E-state index is -3.70. The first kappa shape index (κ1) is 18.2. The maximum atomic E-state index is 13.1. The summed E-state index contributed by atoms with van der Waals surface area (Å²) in [5.74, 6) is 0.130. The number of benzene rings is 1. The molecule has 138 valence electrons. The van der Waals surface area contributed by atoms with Crippen molar-refractivity contribution in [3.63, 3.8) is 0 Å². The first-order chi connectivity index (χ1) is 11.9. The molecule has 1 atom stereocenters. The second kappa shape index (κ2) is 7.33. The van der Waals surface area contributed by atoms with Crippen LogP contribution in [0.2, 0.25) is 0 Å². The fourth-order valence-corrected chi connectivity index (χ4v) is 5.53. The lowest BCUT2D eigenvalue weighted by atomic mass is 9.94. The SMILES string of the molecule is CC1CN(C2CCCCC2)C(=N)N1S(=O)(=O)c1ccc(CCN)cc1. The third-order valence-electron chi connectivity index (χ3n) is 5.27. The number of nitrogens with one attached hydrogen (secondary N) is 1. The highest BCUT2D eigenvalue weighted by atomic mass is 32.2. The molecule has 1 aliphatic heterocycles. The number of nitrogens with two attached hydrogens (primary N) is 1. The van der Waals surface area contributed by atoms with Crippen molar-refractivity contribution in [1.29, 1.82) is 5.41 Å². The molecule has 0 bridgehead atoms. The highest BCUT2D eigenvalue weighted by Gasteiger charge is 2.42. The molecule has 1 aliphatic carbocycles. The number of guanidine groups is 1. The van der Waals surface area contributed by atoms with Crippen molar-refractivity contribution in [3.05, 3.63) is 29.8 Å². The van der Waals surface area contributed by atoms with Crippen molar-refractivity contribution < 1.29 is 8.42 Å². The zero-order chi connectivity index (χ0) is 18.0. The van der Waals surface area contributed by atoms with Gasteiger partial charge in [0.15, 0.2) is 0 Å². The Bertz CT molecular complexity index is 711. The van der Waals surface area contributed by atoms with E-state index in [4.69, 9.17) is 11.1 Å². The Morgan fingerprint density at radius 1 is 1.16 bits per heavy atom. The van der Waals surface area contributed by atoms with Gasteiger partial charge in [0.2, 0.25) is 5.96 Å². The maximum absolute atomic E-state index is 13.1. The lowest BCUT2D eigenvalue weighted by molar-refractivity contribution is 0.254. The molecule has 0 spiro atoms. The Hall–Kier alpha value is -1.60. The van der Waals surface area contributed by atoms with Crippen LogP contribution >= 0.6 is 0 Å². The third-order valence-corrected chi connectivity index (χ3v) is 7.19. The van der Waals surface area contributed by atoms with E-state index in [9.17, 15) is 8.42 Å². The molecule has 0 radical (unpaired) electrons. The van der Waals surface area contributed by atoms with Gasteiger partial charge in [-0.1, -0.05) is 31.4 Å². The standard InChI is InChI=1S/C18H28N4O2S/c1-14-13-21(16-5-3-2-4-6-16)18(20)22(14)25(23,24)17-9-7-15(8-10-17)11-12-19/h7-10,14,16,20H,2-6,11-13,19H2,1H3. The average molecular weight is 365 g/mol. The Morgan fingerprint density at radius 2 is 1.80 bits per heavy atom. The van der Waals surface area contributed by atoms with Crippen LogP contribution in [0.3, 0.4) is 0 Å². The van der Waals surface area contributed by atoms with E-state index in [-0.39, 0.29) is 16.9 Å². The van der Waals surface area contributed by atoms with Crippen LogP contribution in [-0.2, 0) is 16.4 Å². The van der Waals surface area contributed by atoms with E-state index in [0.29, 0.717) is 19.1 Å². The van der Waals surface area contributed by atoms with Gasteiger partial charge in [0, 0.05) is 12.6 Å². The Morgan fingerprint density at radius 3 is 2.40 bits per heavy atom. The quantitative estimate of drug-likeness (QED) is 0.837. The molecule has 7 heteroatoms. The predicted molar refractivity (Wildman–Crippen MR) is 99.0 cm³/mol. The number of sulfonamides is 1. The zero-order valence-corrected chi connectivity index (χ0v) is 15.6. The van der Waals surface area contributed by atoms with Crippen LogP contribution in [-0.4, -0.2) is 48.8 Å². The summed E-state index contributed by atoms with van der Waals surface area (Å²) in [6.45, 7) is 3.03. The van der Waals surface area contributed by atoms with E-state index < -0.39 is 10.0 Å². The van der Waals surface area contributed by atoms with Gasteiger partial charge in [0.1, 0.15) is 0 Å². The van der Waals surface area contributed by atoms with Gasteiger partial charge in [-0.05, 0) is 50.4 Å². The van der Waals surface area contributed by atoms with Crippen molar-refractivity contribution >= 4 is 16.0 Å². The fraction of sp³-hybridized carbons (Fsp3) is 0.611. The van der Waals surface area contributed by atoms with Gasteiger partial charge in [-0.3, -0.25) is 5.41 Å². The molecule has 1 heterocycles. The monoisotopic (exact) mass is 364 g/mol. The van der Waals surface area contributed by atoms with Crippen molar-refractivity contribution in [2.45, 2.75) is 62.4 Å². The van der Waals surface area contributed by atoms with Crippen molar-refractivity contribution in [2.24, 2.45) is 5.73 Å². The molecule has 6 nitrogen and oxygen atoms in total. The van der Waals surface area contributed by atoms with Gasteiger partial charge >= 0.3 is 0 Å². The molecule has 1 aromatic rings. The molecule has 0 aromatic heterocycles. The number of nitrogens with zero attached hydrogens (tertiary/aromatic N) is 2. The Labute approximate surface area is 150 Å². The van der Waals surface area contributed by atoms with Crippen molar-refractivity contribution in [2.75, 3.05) is 13.1 Å². The molecule has 3 N–H and O–H groups in total. The van der Waals surface area contributed by atoms with Gasteiger partial charge in [0.25, 0.3) is 10.0 Å². The van der Waals surface area contributed by atoms with E-state index in [0.717, 1.165) is 37.7 Å². The van der Waals surface area contributed by atoms with Crippen LogP contribution in [0.5, 0.6) is 0 Å². The van der Waals surface area contributed by atoms with E-state index in [1.807, 2.05) is 24.0 Å². The van der Waals surface area contributed by atoms with Crippen molar-refractivity contribution in [1.82, 2.24) is 9.21 Å². The lowest BCUT2D eigenvalue weighted by Gasteiger charge is -2.32. The second-order valence-electron chi connectivity index (χ2n) is 7.10. The first-order valence-corrected chi connectivity index (χ1v) is 10.6. The molecular formula is C18H28N4O2S. The average Bonchev–Trinajstić information content (AvgIpc) is 2.91. The highest BCUT2D eigenvalue weighted by Crippen LogP contribution is 2.31. The molecule has 1 aromatic carbocycles. The third kappa shape index (κ3) is 3.53. The molecule has 2 fully saturated rings. The summed E-state index contributed by atoms with van der Waals surface area (Å²) in [5.41, 5.74) is 6.57. The number of hydrogen-bond donors (Lipinski definition) is 2. The van der Waals surface area contributed by atoms with E-state index in [2.05, 4.69) is 0 Å². The number of rotatable bonds is 5. The molecule has 3 rings (SSSR count). The van der Waals surface area contributed by atoms with E-state index >= 15 is 0 Å². The summed E-state index contributed by atoms with van der Waals surface area (Å²) < 4.78 is 27.5. The van der Waals surface area contributed by atoms with E-state index in [1.54, 1.807) is 12.1 Å². The van der Waals surface area contributed by atoms with Gasteiger partial charge < -0.3 is 10.6 Å². The van der Waals surface area contributed by atoms with Crippen LogP contribution < -0.4 is 5.73 Å². The first-order valence-electron chi connectivity index (χ1n) is 9.14. The van der Waals surface area contributed by atoms with Crippen LogP contribution in [0, 0.1) is 5.41 Å². The smallest absolute Gasteiger partial charge is 0.266 e. The minimum Gasteiger partial charge on any atom is -0.337 e. The Kier molecular flexibility index (Phi) is 5.34. The molecule has 1 saturated carbocycles. The maximum Gasteiger partial charge on any atom is 0.266 e. The molecule has 2 aliphatic rings. The van der Waals surface area contributed by atoms with Crippen molar-refractivity contribution in [3.8, 4) is 0 Å². The molecule has 25 heavy (non-hydrogen) atoms. The zero-order valence-electron chi connectivity index (χ0n) is 14.8.